The number of carbonyl (C=O) groups excluding carboxylic acids is 2. The summed E-state index contributed by atoms with van der Waals surface area (Å²) in [5.41, 5.74) is -0.305. The lowest BCUT2D eigenvalue weighted by Crippen LogP contribution is -2.29. The molecule has 1 N–H and O–H groups in total. The van der Waals surface area contributed by atoms with E-state index in [1.54, 1.807) is 36.4 Å². The van der Waals surface area contributed by atoms with Crippen LogP contribution in [-0.4, -0.2) is 37.6 Å². The zero-order valence-corrected chi connectivity index (χ0v) is 20.9. The monoisotopic (exact) mass is 545 g/mol. The molecular formula is C26H20ClF4N5O2. The van der Waals surface area contributed by atoms with Crippen LogP contribution in [-0.2, 0) is 16.8 Å². The summed E-state index contributed by atoms with van der Waals surface area (Å²) < 4.78 is 54.5. The van der Waals surface area contributed by atoms with Crippen LogP contribution in [0.4, 0.5) is 23.4 Å². The minimum absolute atomic E-state index is 0.0335. The van der Waals surface area contributed by atoms with E-state index in [-0.39, 0.29) is 35.1 Å². The van der Waals surface area contributed by atoms with Crippen LogP contribution in [0.15, 0.2) is 42.5 Å². The quantitative estimate of drug-likeness (QED) is 0.234. The van der Waals surface area contributed by atoms with Crippen molar-refractivity contribution in [3.05, 3.63) is 70.1 Å². The number of anilines is 1. The first-order valence-corrected chi connectivity index (χ1v) is 12.0. The first-order valence-electron chi connectivity index (χ1n) is 11.6. The minimum Gasteiger partial charge on any atom is -0.310 e. The lowest BCUT2D eigenvalue weighted by molar-refractivity contribution is -0.133. The van der Waals surface area contributed by atoms with Crippen LogP contribution < -0.4 is 5.32 Å². The molecule has 0 saturated carbocycles. The van der Waals surface area contributed by atoms with Gasteiger partial charge in [-0.05, 0) is 38.1 Å². The summed E-state index contributed by atoms with van der Waals surface area (Å²) in [6, 6.07) is 11.1. The Morgan fingerprint density at radius 3 is 2.58 bits per heavy atom. The van der Waals surface area contributed by atoms with Crippen LogP contribution in [0, 0.1) is 5.82 Å². The zero-order chi connectivity index (χ0) is 27.4. The first kappa shape index (κ1) is 25.8. The molecule has 0 fully saturated rings. The molecule has 2 aromatic carbocycles. The van der Waals surface area contributed by atoms with Crippen molar-refractivity contribution in [2.45, 2.75) is 44.8 Å². The van der Waals surface area contributed by atoms with E-state index in [4.69, 9.17) is 11.6 Å². The van der Waals surface area contributed by atoms with Crippen molar-refractivity contribution in [3.63, 3.8) is 0 Å². The van der Waals surface area contributed by atoms with Gasteiger partial charge in [0.25, 0.3) is 0 Å². The lowest BCUT2D eigenvalue weighted by atomic mass is 9.84. The van der Waals surface area contributed by atoms with Crippen molar-refractivity contribution < 1.29 is 27.2 Å². The summed E-state index contributed by atoms with van der Waals surface area (Å²) in [5.74, 6) is -1.81. The predicted octanol–water partition coefficient (Wildman–Crippen LogP) is 6.09. The van der Waals surface area contributed by atoms with Crippen molar-refractivity contribution in [2.75, 3.05) is 5.32 Å². The van der Waals surface area contributed by atoms with Gasteiger partial charge in [0.05, 0.1) is 23.9 Å². The summed E-state index contributed by atoms with van der Waals surface area (Å²) in [7, 11) is 0. The molecule has 1 amide bonds. The molecule has 0 bridgehead atoms. The topological polar surface area (TPSA) is 89.8 Å². The van der Waals surface area contributed by atoms with Crippen LogP contribution in [0.25, 0.3) is 22.4 Å². The number of Topliss-reactive ketones (excluding diaryl/α,β-unsaturated/α-hetero) is 1. The number of carbonyl (C=O) groups is 2. The number of hydrogen-bond acceptors (Lipinski definition) is 5. The maximum atomic E-state index is 14.4. The highest BCUT2D eigenvalue weighted by Gasteiger charge is 2.44. The fourth-order valence-corrected chi connectivity index (χ4v) is 4.59. The van der Waals surface area contributed by atoms with Gasteiger partial charge in [0, 0.05) is 28.0 Å². The maximum absolute atomic E-state index is 14.4. The van der Waals surface area contributed by atoms with E-state index < -0.39 is 41.9 Å². The second-order valence-corrected chi connectivity index (χ2v) is 9.93. The molecule has 0 aliphatic carbocycles. The largest absolute Gasteiger partial charge is 0.389 e. The van der Waals surface area contributed by atoms with Crippen LogP contribution in [0.2, 0.25) is 5.02 Å². The van der Waals surface area contributed by atoms with Gasteiger partial charge in [-0.2, -0.15) is 18.3 Å². The van der Waals surface area contributed by atoms with Gasteiger partial charge in [-0.3, -0.25) is 14.3 Å². The summed E-state index contributed by atoms with van der Waals surface area (Å²) in [6.07, 6.45) is -6.71. The third-order valence-electron chi connectivity index (χ3n) is 6.44. The third-order valence-corrected chi connectivity index (χ3v) is 6.67. The second kappa shape index (κ2) is 9.16. The van der Waals surface area contributed by atoms with Gasteiger partial charge in [0.2, 0.25) is 5.91 Å². The smallest absolute Gasteiger partial charge is 0.310 e. The Labute approximate surface area is 218 Å². The number of amides is 1. The van der Waals surface area contributed by atoms with E-state index in [0.717, 1.165) is 0 Å². The fourth-order valence-electron chi connectivity index (χ4n) is 4.42. The molecule has 12 heteroatoms. The molecule has 0 radical (unpaired) electrons. The van der Waals surface area contributed by atoms with Gasteiger partial charge >= 0.3 is 6.18 Å². The van der Waals surface area contributed by atoms with Gasteiger partial charge in [0.1, 0.15) is 23.0 Å². The lowest BCUT2D eigenvalue weighted by Gasteiger charge is -2.18. The maximum Gasteiger partial charge on any atom is 0.389 e. The number of hydrogen-bond donors (Lipinski definition) is 1. The number of rotatable bonds is 6. The number of halogens is 5. The molecule has 4 aromatic rings. The van der Waals surface area contributed by atoms with Crippen LogP contribution in [0.3, 0.4) is 0 Å². The van der Waals surface area contributed by atoms with Crippen molar-refractivity contribution in [3.8, 4) is 11.5 Å². The Morgan fingerprint density at radius 1 is 1.13 bits per heavy atom. The number of aromatic nitrogens is 4. The molecule has 0 saturated heterocycles. The Balaban J connectivity index is 1.68. The van der Waals surface area contributed by atoms with E-state index in [2.05, 4.69) is 20.4 Å². The zero-order valence-electron chi connectivity index (χ0n) is 20.2. The minimum atomic E-state index is -4.54. The summed E-state index contributed by atoms with van der Waals surface area (Å²) in [4.78, 5) is 34.4. The van der Waals surface area contributed by atoms with E-state index in [9.17, 15) is 27.2 Å². The number of benzene rings is 2. The molecule has 0 unspecified atom stereocenters. The average molecular weight is 546 g/mol. The molecule has 1 aliphatic rings. The highest BCUT2D eigenvalue weighted by atomic mass is 35.5. The average Bonchev–Trinajstić information content (AvgIpc) is 3.31. The number of nitrogens with zero attached hydrogens (tertiary/aromatic N) is 4. The molecule has 196 valence electrons. The Kier molecular flexibility index (Phi) is 6.21. The van der Waals surface area contributed by atoms with Gasteiger partial charge in [0.15, 0.2) is 11.6 Å². The third kappa shape index (κ3) is 4.62. The molecule has 0 spiro atoms. The van der Waals surface area contributed by atoms with Crippen molar-refractivity contribution in [1.29, 1.82) is 0 Å². The summed E-state index contributed by atoms with van der Waals surface area (Å²) in [5, 5.41) is 8.08. The van der Waals surface area contributed by atoms with Crippen molar-refractivity contribution >= 4 is 40.0 Å². The van der Waals surface area contributed by atoms with E-state index in [1.165, 1.54) is 24.6 Å². The van der Waals surface area contributed by atoms with E-state index in [0.29, 0.717) is 21.5 Å². The van der Waals surface area contributed by atoms with Crippen LogP contribution in [0.1, 0.15) is 48.3 Å². The fraction of sp³-hybridized carbons (Fsp3) is 0.269. The van der Waals surface area contributed by atoms with Gasteiger partial charge in [-0.25, -0.2) is 14.4 Å². The number of ketones is 1. The number of nitrogens with one attached hydrogen (secondary N) is 1. The second-order valence-electron chi connectivity index (χ2n) is 9.50. The standard InChI is InChI=1S/C26H20ClF4N5O2/c1-25(2)19-21(18(37)9-10-26(29,30)31)32-23(33-22(19)34-24(25)38)20-15-8-7-14(27)11-17(15)36(35-20)12-13-5-3-4-6-16(13)28/h3-8,11H,9-10,12H2,1-2H3,(H,32,33,34,38). The van der Waals surface area contributed by atoms with Crippen molar-refractivity contribution in [2.24, 2.45) is 0 Å². The molecule has 1 aliphatic heterocycles. The van der Waals surface area contributed by atoms with Gasteiger partial charge in [-0.1, -0.05) is 29.8 Å². The first-order chi connectivity index (χ1) is 17.8. The Bertz CT molecular complexity index is 1610. The Hall–Kier alpha value is -3.86. The van der Waals surface area contributed by atoms with E-state index in [1.807, 2.05) is 0 Å². The highest BCUT2D eigenvalue weighted by Crippen LogP contribution is 2.40. The van der Waals surface area contributed by atoms with Gasteiger partial charge in [-0.15, -0.1) is 0 Å². The summed E-state index contributed by atoms with van der Waals surface area (Å²) in [6.45, 7) is 3.12. The van der Waals surface area contributed by atoms with E-state index >= 15 is 0 Å². The van der Waals surface area contributed by atoms with Crippen molar-refractivity contribution in [1.82, 2.24) is 19.7 Å². The summed E-state index contributed by atoms with van der Waals surface area (Å²) >= 11 is 6.21. The highest BCUT2D eigenvalue weighted by molar-refractivity contribution is 6.31. The molecule has 38 heavy (non-hydrogen) atoms. The molecule has 2 aromatic heterocycles. The van der Waals surface area contributed by atoms with Crippen LogP contribution in [0.5, 0.6) is 0 Å². The molecule has 7 nitrogen and oxygen atoms in total. The number of fused-ring (bicyclic) bond motifs is 2. The molecular weight excluding hydrogens is 526 g/mol. The Morgan fingerprint density at radius 2 is 1.87 bits per heavy atom. The van der Waals surface area contributed by atoms with Gasteiger partial charge < -0.3 is 5.32 Å². The van der Waals surface area contributed by atoms with Crippen LogP contribution >= 0.6 is 11.6 Å². The number of alkyl halides is 3. The predicted molar refractivity (Wildman–Crippen MR) is 133 cm³/mol. The normalized spacial score (nSPS) is 14.6. The molecule has 5 rings (SSSR count). The molecule has 3 heterocycles. The molecule has 0 atom stereocenters. The SMILES string of the molecule is CC1(C)C(=O)Nc2nc(-c3nn(Cc4ccccc4F)c4cc(Cl)ccc34)nc(C(=O)CCC(F)(F)F)c21.